The lowest BCUT2D eigenvalue weighted by Crippen LogP contribution is -2.48. The van der Waals surface area contributed by atoms with Gasteiger partial charge in [0.25, 0.3) is 0 Å². The molecule has 0 unspecified atom stereocenters. The molecule has 0 aliphatic carbocycles. The Morgan fingerprint density at radius 3 is 2.48 bits per heavy atom. The fraction of sp³-hybridized carbons (Fsp3) is 0.286. The molecule has 0 radical (unpaired) electrons. The summed E-state index contributed by atoms with van der Waals surface area (Å²) in [6.45, 7) is 4.23. The summed E-state index contributed by atoms with van der Waals surface area (Å²) in [4.78, 5) is 6.80. The van der Waals surface area contributed by atoms with Crippen molar-refractivity contribution in [2.45, 2.75) is 11.8 Å². The van der Waals surface area contributed by atoms with E-state index in [4.69, 9.17) is 21.3 Å². The van der Waals surface area contributed by atoms with E-state index in [1.54, 1.807) is 0 Å². The van der Waals surface area contributed by atoms with E-state index in [1.807, 2.05) is 36.6 Å². The van der Waals surface area contributed by atoms with Gasteiger partial charge < -0.3 is 9.64 Å². The van der Waals surface area contributed by atoms with Gasteiger partial charge in [-0.1, -0.05) is 11.6 Å². The van der Waals surface area contributed by atoms with Crippen molar-refractivity contribution in [3.05, 3.63) is 58.7 Å². The average Bonchev–Trinajstić information content (AvgIpc) is 3.27. The van der Waals surface area contributed by atoms with Gasteiger partial charge in [-0.3, -0.25) is 0 Å². The monoisotopic (exact) mass is 481 g/mol. The van der Waals surface area contributed by atoms with Crippen molar-refractivity contribution >= 4 is 38.1 Å². The molecule has 164 valence electrons. The third-order valence-corrected chi connectivity index (χ3v) is 8.08. The van der Waals surface area contributed by atoms with Crippen LogP contribution in [0.2, 0.25) is 5.02 Å². The minimum Gasteiger partial charge on any atom is -0.494 e. The van der Waals surface area contributed by atoms with Crippen molar-refractivity contribution in [1.82, 2.24) is 9.29 Å². The third kappa shape index (κ3) is 4.69. The topological polar surface area (TPSA) is 62.7 Å². The molecule has 6 nitrogen and oxygen atoms in total. The Hall–Kier alpha value is -2.20. The molecule has 0 atom stereocenters. The van der Waals surface area contributed by atoms with Gasteiger partial charge >= 0.3 is 0 Å². The second-order valence-corrected chi connectivity index (χ2v) is 10.1. The van der Waals surface area contributed by atoms with Crippen LogP contribution >= 0.6 is 22.9 Å². The lowest BCUT2D eigenvalue weighted by Gasteiger charge is -2.33. The molecule has 1 fully saturated rings. The molecule has 1 aromatic heterocycles. The van der Waals surface area contributed by atoms with E-state index in [0.29, 0.717) is 32.8 Å². The number of hydrogen-bond donors (Lipinski definition) is 0. The molecule has 0 amide bonds. The number of ether oxygens (including phenoxy) is 1. The van der Waals surface area contributed by atoms with Gasteiger partial charge in [0.05, 0.1) is 22.2 Å². The Labute approximate surface area is 189 Å². The summed E-state index contributed by atoms with van der Waals surface area (Å²) in [5.74, 6) is 0.180. The number of halogens is 2. The molecule has 10 heteroatoms. The van der Waals surface area contributed by atoms with Crippen molar-refractivity contribution in [3.8, 4) is 17.0 Å². The number of aromatic nitrogens is 1. The maximum absolute atomic E-state index is 13.4. The first-order chi connectivity index (χ1) is 14.9. The normalized spacial score (nSPS) is 15.3. The molecule has 31 heavy (non-hydrogen) atoms. The molecule has 1 aliphatic rings. The van der Waals surface area contributed by atoms with Gasteiger partial charge in [-0.2, -0.15) is 4.31 Å². The first kappa shape index (κ1) is 22.0. The highest BCUT2D eigenvalue weighted by Gasteiger charge is 2.30. The molecule has 0 spiro atoms. The Kier molecular flexibility index (Phi) is 6.47. The van der Waals surface area contributed by atoms with Gasteiger partial charge in [0.1, 0.15) is 11.6 Å². The molecule has 0 bridgehead atoms. The maximum Gasteiger partial charge on any atom is 0.243 e. The predicted octanol–water partition coefficient (Wildman–Crippen LogP) is 4.51. The third-order valence-electron chi connectivity index (χ3n) is 4.99. The smallest absolute Gasteiger partial charge is 0.243 e. The van der Waals surface area contributed by atoms with Crippen molar-refractivity contribution in [1.29, 1.82) is 0 Å². The number of rotatable bonds is 6. The van der Waals surface area contributed by atoms with Crippen LogP contribution in [-0.4, -0.2) is 50.5 Å². The summed E-state index contributed by atoms with van der Waals surface area (Å²) in [5, 5.41) is 2.64. The van der Waals surface area contributed by atoms with E-state index in [0.717, 1.165) is 34.3 Å². The van der Waals surface area contributed by atoms with Gasteiger partial charge in [0.15, 0.2) is 5.13 Å². The van der Waals surface area contributed by atoms with Crippen molar-refractivity contribution in [2.75, 3.05) is 37.7 Å². The first-order valence-corrected chi connectivity index (χ1v) is 12.5. The first-order valence-electron chi connectivity index (χ1n) is 9.77. The number of piperazine rings is 1. The van der Waals surface area contributed by atoms with Gasteiger partial charge in [0.2, 0.25) is 10.0 Å². The van der Waals surface area contributed by atoms with E-state index >= 15 is 0 Å². The number of nitrogens with zero attached hydrogens (tertiary/aromatic N) is 3. The molecule has 2 heterocycles. The van der Waals surface area contributed by atoms with Crippen LogP contribution in [0.3, 0.4) is 0 Å². The zero-order chi connectivity index (χ0) is 22.0. The highest BCUT2D eigenvalue weighted by molar-refractivity contribution is 7.89. The van der Waals surface area contributed by atoms with E-state index in [9.17, 15) is 12.8 Å². The summed E-state index contributed by atoms with van der Waals surface area (Å²) < 4.78 is 46.0. The fourth-order valence-electron chi connectivity index (χ4n) is 3.34. The number of hydrogen-bond acceptors (Lipinski definition) is 6. The van der Waals surface area contributed by atoms with E-state index in [1.165, 1.54) is 21.7 Å². The van der Waals surface area contributed by atoms with Crippen molar-refractivity contribution in [2.24, 2.45) is 0 Å². The standard InChI is InChI=1S/C21H21ClFN3O3S2/c1-2-29-16-5-3-15(4-6-16)20-14-30-21(24-20)25-9-11-26(12-10-25)31(27,28)17-7-8-19(23)18(22)13-17/h3-8,13-14H,2,9-12H2,1H3. The Morgan fingerprint density at radius 2 is 1.84 bits per heavy atom. The van der Waals surface area contributed by atoms with Gasteiger partial charge in [0, 0.05) is 37.1 Å². The lowest BCUT2D eigenvalue weighted by atomic mass is 10.2. The van der Waals surface area contributed by atoms with Crippen LogP contribution in [0.1, 0.15) is 6.92 Å². The van der Waals surface area contributed by atoms with E-state index in [2.05, 4.69) is 4.90 Å². The van der Waals surface area contributed by atoms with Crippen LogP contribution in [0, 0.1) is 5.82 Å². The summed E-state index contributed by atoms with van der Waals surface area (Å²) in [6, 6.07) is 11.3. The molecule has 2 aromatic carbocycles. The maximum atomic E-state index is 13.4. The molecule has 0 N–H and O–H groups in total. The average molecular weight is 482 g/mol. The second kappa shape index (κ2) is 9.12. The molecule has 1 aliphatic heterocycles. The van der Waals surface area contributed by atoms with Crippen LogP contribution in [0.15, 0.2) is 52.7 Å². The summed E-state index contributed by atoms with van der Waals surface area (Å²) in [7, 11) is -3.73. The predicted molar refractivity (Wildman–Crippen MR) is 121 cm³/mol. The SMILES string of the molecule is CCOc1ccc(-c2csc(N3CCN(S(=O)(=O)c4ccc(F)c(Cl)c4)CC3)n2)cc1. The lowest BCUT2D eigenvalue weighted by molar-refractivity contribution is 0.340. The van der Waals surface area contributed by atoms with Gasteiger partial charge in [-0.25, -0.2) is 17.8 Å². The van der Waals surface area contributed by atoms with E-state index < -0.39 is 15.8 Å². The zero-order valence-corrected chi connectivity index (χ0v) is 19.2. The summed E-state index contributed by atoms with van der Waals surface area (Å²) in [6.07, 6.45) is 0. The van der Waals surface area contributed by atoms with Gasteiger partial charge in [-0.05, 0) is 49.4 Å². The molecule has 3 aromatic rings. The quantitative estimate of drug-likeness (QED) is 0.518. The Morgan fingerprint density at radius 1 is 1.13 bits per heavy atom. The number of benzene rings is 2. The summed E-state index contributed by atoms with van der Waals surface area (Å²) in [5.41, 5.74) is 1.87. The van der Waals surface area contributed by atoms with Crippen molar-refractivity contribution < 1.29 is 17.5 Å². The molecule has 1 saturated heterocycles. The molecular formula is C21H21ClFN3O3S2. The number of thiazole rings is 1. The zero-order valence-electron chi connectivity index (χ0n) is 16.8. The second-order valence-electron chi connectivity index (χ2n) is 6.94. The van der Waals surface area contributed by atoms with Crippen LogP contribution in [0.25, 0.3) is 11.3 Å². The molecular weight excluding hydrogens is 461 g/mol. The van der Waals surface area contributed by atoms with Crippen molar-refractivity contribution in [3.63, 3.8) is 0 Å². The molecule has 0 saturated carbocycles. The van der Waals surface area contributed by atoms with Crippen LogP contribution in [-0.2, 0) is 10.0 Å². The van der Waals surface area contributed by atoms with E-state index in [-0.39, 0.29) is 9.92 Å². The molecule has 4 rings (SSSR count). The van der Waals surface area contributed by atoms with Crippen LogP contribution in [0.5, 0.6) is 5.75 Å². The van der Waals surface area contributed by atoms with Crippen LogP contribution in [0.4, 0.5) is 9.52 Å². The number of anilines is 1. The fourth-order valence-corrected chi connectivity index (χ4v) is 5.92. The minimum absolute atomic E-state index is 0.000570. The Bertz CT molecular complexity index is 1160. The van der Waals surface area contributed by atoms with Crippen LogP contribution < -0.4 is 9.64 Å². The number of sulfonamides is 1. The minimum atomic E-state index is -3.73. The van der Waals surface area contributed by atoms with Gasteiger partial charge in [-0.15, -0.1) is 11.3 Å². The highest BCUT2D eigenvalue weighted by atomic mass is 35.5. The largest absolute Gasteiger partial charge is 0.494 e. The highest BCUT2D eigenvalue weighted by Crippen LogP contribution is 2.30. The summed E-state index contributed by atoms with van der Waals surface area (Å²) >= 11 is 7.29. The Balaban J connectivity index is 1.42.